The number of hydrogen-bond donors (Lipinski definition) is 1. The molecule has 0 atom stereocenters. The van der Waals surface area contributed by atoms with Gasteiger partial charge >= 0.3 is 8.80 Å². The van der Waals surface area contributed by atoms with Crippen LogP contribution in [0.5, 0.6) is 0 Å². The van der Waals surface area contributed by atoms with Gasteiger partial charge in [0.25, 0.3) is 0 Å². The molecule has 0 amide bonds. The Labute approximate surface area is 117 Å². The summed E-state index contributed by atoms with van der Waals surface area (Å²) in [7, 11) is 2.59. The summed E-state index contributed by atoms with van der Waals surface area (Å²) < 4.78 is 16.2. The lowest BCUT2D eigenvalue weighted by molar-refractivity contribution is 0.123. The van der Waals surface area contributed by atoms with Crippen LogP contribution in [0.1, 0.15) is 18.4 Å². The van der Waals surface area contributed by atoms with Gasteiger partial charge in [0.1, 0.15) is 0 Å². The van der Waals surface area contributed by atoms with Crippen molar-refractivity contribution in [3.63, 3.8) is 0 Å². The average Bonchev–Trinajstić information content (AvgIpc) is 2.45. The third kappa shape index (κ3) is 5.32. The summed E-state index contributed by atoms with van der Waals surface area (Å²) in [6.07, 6.45) is 2.10. The molecule has 0 spiro atoms. The summed E-state index contributed by atoms with van der Waals surface area (Å²) in [5, 5.41) is 3.41. The van der Waals surface area contributed by atoms with Crippen LogP contribution in [0, 0.1) is 6.92 Å². The van der Waals surface area contributed by atoms with Crippen LogP contribution >= 0.6 is 0 Å². The number of benzene rings is 1. The third-order valence-electron chi connectivity index (χ3n) is 3.22. The summed E-state index contributed by atoms with van der Waals surface area (Å²) in [4.78, 5) is 0. The fourth-order valence-corrected chi connectivity index (χ4v) is 3.72. The highest BCUT2D eigenvalue weighted by molar-refractivity contribution is 6.60. The molecule has 0 aliphatic heterocycles. The first-order chi connectivity index (χ1) is 9.15. The lowest BCUT2D eigenvalue weighted by Gasteiger charge is -2.24. The first-order valence-corrected chi connectivity index (χ1v) is 8.55. The lowest BCUT2D eigenvalue weighted by Crippen LogP contribution is -2.42. The van der Waals surface area contributed by atoms with Crippen LogP contribution in [0.2, 0.25) is 6.04 Å². The Bertz CT molecular complexity index is 344. The fraction of sp³-hybridized carbons (Fsp3) is 0.571. The van der Waals surface area contributed by atoms with Crippen molar-refractivity contribution in [3.8, 4) is 0 Å². The second-order valence-corrected chi connectivity index (χ2v) is 7.64. The van der Waals surface area contributed by atoms with E-state index in [1.165, 1.54) is 11.3 Å². The van der Waals surface area contributed by atoms with E-state index in [4.69, 9.17) is 13.3 Å². The average molecular weight is 283 g/mol. The van der Waals surface area contributed by atoms with Gasteiger partial charge in [-0.15, -0.1) is 0 Å². The monoisotopic (exact) mass is 283 g/mol. The molecule has 0 aliphatic carbocycles. The highest BCUT2D eigenvalue weighted by Gasteiger charge is 2.36. The molecule has 0 aromatic heterocycles. The van der Waals surface area contributed by atoms with Gasteiger partial charge in [-0.1, -0.05) is 17.7 Å². The summed E-state index contributed by atoms with van der Waals surface area (Å²) in [5.74, 6) is 0. The summed E-state index contributed by atoms with van der Waals surface area (Å²) in [6, 6.07) is 9.29. The zero-order chi connectivity index (χ0) is 14.1. The van der Waals surface area contributed by atoms with Gasteiger partial charge in [0.2, 0.25) is 0 Å². The van der Waals surface area contributed by atoms with Crippen LogP contribution in [-0.2, 0) is 13.3 Å². The molecule has 0 heterocycles. The molecule has 1 aromatic carbocycles. The summed E-state index contributed by atoms with van der Waals surface area (Å²) in [5.41, 5.74) is 2.45. The van der Waals surface area contributed by atoms with Gasteiger partial charge in [0.05, 0.1) is 0 Å². The Balaban J connectivity index is 2.22. The zero-order valence-corrected chi connectivity index (χ0v) is 13.4. The quantitative estimate of drug-likeness (QED) is 0.558. The van der Waals surface area contributed by atoms with Crippen LogP contribution in [0.3, 0.4) is 0 Å². The van der Waals surface area contributed by atoms with Crippen LogP contribution < -0.4 is 5.32 Å². The molecule has 0 unspecified atom stereocenters. The molecule has 0 radical (unpaired) electrons. The largest absolute Gasteiger partial charge is 0.500 e. The van der Waals surface area contributed by atoms with Crippen LogP contribution in [0.25, 0.3) is 0 Å². The molecule has 19 heavy (non-hydrogen) atoms. The first-order valence-electron chi connectivity index (χ1n) is 6.62. The zero-order valence-electron chi connectivity index (χ0n) is 12.4. The molecule has 5 heteroatoms. The van der Waals surface area contributed by atoms with Crippen molar-refractivity contribution < 1.29 is 13.3 Å². The molecule has 0 saturated heterocycles. The Morgan fingerprint density at radius 2 is 1.53 bits per heavy atom. The number of anilines is 1. The van der Waals surface area contributed by atoms with Crippen molar-refractivity contribution in [2.75, 3.05) is 33.2 Å². The van der Waals surface area contributed by atoms with E-state index in [0.717, 1.165) is 25.4 Å². The third-order valence-corrected chi connectivity index (χ3v) is 6.06. The molecule has 1 N–H and O–H groups in total. The van der Waals surface area contributed by atoms with Gasteiger partial charge in [0, 0.05) is 39.6 Å². The molecule has 1 aromatic rings. The second kappa shape index (κ2) is 8.32. The number of rotatable bonds is 9. The van der Waals surface area contributed by atoms with Gasteiger partial charge in [-0.2, -0.15) is 0 Å². The van der Waals surface area contributed by atoms with Crippen molar-refractivity contribution in [1.29, 1.82) is 0 Å². The standard InChI is InChI=1S/C14H25NO3Si/c1-13-7-9-14(10-8-13)15-11-5-6-12-19(16-2,17-3)18-4/h7-10,15H,5-6,11-12H2,1-4H3. The van der Waals surface area contributed by atoms with Crippen molar-refractivity contribution in [3.05, 3.63) is 29.8 Å². The van der Waals surface area contributed by atoms with Crippen molar-refractivity contribution in [2.45, 2.75) is 25.8 Å². The van der Waals surface area contributed by atoms with Crippen molar-refractivity contribution in [1.82, 2.24) is 0 Å². The summed E-state index contributed by atoms with van der Waals surface area (Å²) in [6.45, 7) is 3.04. The van der Waals surface area contributed by atoms with E-state index in [2.05, 4.69) is 36.5 Å². The SMILES string of the molecule is CO[Si](CCCCNc1ccc(C)cc1)(OC)OC. The minimum Gasteiger partial charge on any atom is -0.385 e. The normalized spacial score (nSPS) is 11.6. The van der Waals surface area contributed by atoms with Gasteiger partial charge < -0.3 is 18.6 Å². The van der Waals surface area contributed by atoms with E-state index >= 15 is 0 Å². The fourth-order valence-electron chi connectivity index (χ4n) is 1.93. The number of nitrogens with one attached hydrogen (secondary N) is 1. The van der Waals surface area contributed by atoms with Gasteiger partial charge in [-0.25, -0.2) is 0 Å². The highest BCUT2D eigenvalue weighted by Crippen LogP contribution is 2.16. The Morgan fingerprint density at radius 3 is 2.05 bits per heavy atom. The smallest absolute Gasteiger partial charge is 0.385 e. The van der Waals surface area contributed by atoms with Gasteiger partial charge in [0.15, 0.2) is 0 Å². The Hall–Kier alpha value is -0.883. The molecule has 0 saturated carbocycles. The maximum Gasteiger partial charge on any atom is 0.500 e. The van der Waals surface area contributed by atoms with Gasteiger partial charge in [-0.05, 0) is 31.9 Å². The minimum atomic E-state index is -2.38. The van der Waals surface area contributed by atoms with Crippen molar-refractivity contribution >= 4 is 14.5 Å². The van der Waals surface area contributed by atoms with Crippen molar-refractivity contribution in [2.24, 2.45) is 0 Å². The highest BCUT2D eigenvalue weighted by atomic mass is 28.4. The van der Waals surface area contributed by atoms with Crippen LogP contribution in [-0.4, -0.2) is 36.7 Å². The van der Waals surface area contributed by atoms with Crippen LogP contribution in [0.15, 0.2) is 24.3 Å². The molecule has 0 bridgehead atoms. The predicted octanol–water partition coefficient (Wildman–Crippen LogP) is 3.07. The summed E-state index contributed by atoms with van der Waals surface area (Å²) >= 11 is 0. The molecule has 4 nitrogen and oxygen atoms in total. The molecule has 0 aliphatic rings. The maximum atomic E-state index is 5.39. The van der Waals surface area contributed by atoms with Gasteiger partial charge in [-0.3, -0.25) is 0 Å². The molecule has 108 valence electrons. The number of aryl methyl sites for hydroxylation is 1. The van der Waals surface area contributed by atoms with E-state index in [9.17, 15) is 0 Å². The van der Waals surface area contributed by atoms with E-state index in [1.807, 2.05) is 0 Å². The number of unbranched alkanes of at least 4 members (excludes halogenated alkanes) is 1. The first kappa shape index (κ1) is 16.2. The van der Waals surface area contributed by atoms with Crippen LogP contribution in [0.4, 0.5) is 5.69 Å². The van der Waals surface area contributed by atoms with E-state index in [-0.39, 0.29) is 0 Å². The second-order valence-electron chi connectivity index (χ2n) is 4.55. The van der Waals surface area contributed by atoms with E-state index in [1.54, 1.807) is 21.3 Å². The lowest BCUT2D eigenvalue weighted by atomic mass is 10.2. The minimum absolute atomic E-state index is 0.853. The topological polar surface area (TPSA) is 39.7 Å². The maximum absolute atomic E-state index is 5.39. The Morgan fingerprint density at radius 1 is 0.947 bits per heavy atom. The molecular formula is C14H25NO3Si. The molecule has 0 fully saturated rings. The molecular weight excluding hydrogens is 258 g/mol. The van der Waals surface area contributed by atoms with E-state index < -0.39 is 8.80 Å². The van der Waals surface area contributed by atoms with E-state index in [0.29, 0.717) is 0 Å². The number of hydrogen-bond acceptors (Lipinski definition) is 4. The predicted molar refractivity (Wildman–Crippen MR) is 80.5 cm³/mol. The Kier molecular flexibility index (Phi) is 7.08. The molecule has 1 rings (SSSR count).